The largest absolute Gasteiger partial charge is 0.354 e. The molecule has 1 unspecified atom stereocenters. The summed E-state index contributed by atoms with van der Waals surface area (Å²) in [6.07, 6.45) is 2.82. The molecule has 2 rings (SSSR count). The molecule has 0 fully saturated rings. The normalized spacial score (nSPS) is 12.1. The van der Waals surface area contributed by atoms with Crippen LogP contribution in [0.2, 0.25) is 0 Å². The van der Waals surface area contributed by atoms with Gasteiger partial charge in [-0.05, 0) is 50.1 Å². The number of hydrogen-bond donors (Lipinski definition) is 1. The Kier molecular flexibility index (Phi) is 10.6. The van der Waals surface area contributed by atoms with Gasteiger partial charge in [0.25, 0.3) is 0 Å². The molecule has 1 N–H and O–H groups in total. The van der Waals surface area contributed by atoms with Crippen molar-refractivity contribution in [1.82, 2.24) is 10.2 Å². The zero-order valence-corrected chi connectivity index (χ0v) is 21.2. The maximum Gasteiger partial charge on any atom is 0.242 e. The van der Waals surface area contributed by atoms with Gasteiger partial charge >= 0.3 is 0 Å². The zero-order chi connectivity index (χ0) is 26.0. The van der Waals surface area contributed by atoms with Crippen LogP contribution >= 0.6 is 0 Å². The van der Waals surface area contributed by atoms with Crippen LogP contribution in [0.25, 0.3) is 0 Å². The van der Waals surface area contributed by atoms with Gasteiger partial charge in [-0.2, -0.15) is 0 Å². The van der Waals surface area contributed by atoms with Crippen LogP contribution in [0.5, 0.6) is 0 Å². The average Bonchev–Trinajstić information content (AvgIpc) is 2.81. The molecule has 0 radical (unpaired) electrons. The lowest BCUT2D eigenvalue weighted by molar-refractivity contribution is -0.140. The molecular formula is C25H33F2N3O4S. The van der Waals surface area contributed by atoms with Gasteiger partial charge in [-0.1, -0.05) is 31.5 Å². The van der Waals surface area contributed by atoms with Gasteiger partial charge in [0.1, 0.15) is 17.7 Å². The van der Waals surface area contributed by atoms with E-state index >= 15 is 0 Å². The van der Waals surface area contributed by atoms with Gasteiger partial charge in [-0.3, -0.25) is 13.9 Å². The van der Waals surface area contributed by atoms with Crippen molar-refractivity contribution >= 4 is 27.5 Å². The molecule has 2 amide bonds. The lowest BCUT2D eigenvalue weighted by Crippen LogP contribution is -2.48. The molecule has 10 heteroatoms. The van der Waals surface area contributed by atoms with Gasteiger partial charge < -0.3 is 10.2 Å². The first-order valence-corrected chi connectivity index (χ1v) is 13.4. The number of rotatable bonds is 13. The number of carbonyl (C=O) groups is 2. The molecule has 0 saturated carbocycles. The summed E-state index contributed by atoms with van der Waals surface area (Å²) in [5, 5.41) is 2.79. The second-order valence-corrected chi connectivity index (χ2v) is 10.3. The van der Waals surface area contributed by atoms with Crippen molar-refractivity contribution in [2.45, 2.75) is 52.1 Å². The number of sulfonamides is 1. The van der Waals surface area contributed by atoms with Crippen molar-refractivity contribution in [3.05, 3.63) is 65.7 Å². The smallest absolute Gasteiger partial charge is 0.242 e. The highest BCUT2D eigenvalue weighted by Crippen LogP contribution is 2.20. The number of unbranched alkanes of at least 4 members (excludes halogenated alkanes) is 1. The van der Waals surface area contributed by atoms with E-state index in [0.29, 0.717) is 6.54 Å². The number of nitrogens with zero attached hydrogens (tertiary/aromatic N) is 2. The zero-order valence-electron chi connectivity index (χ0n) is 20.3. The second kappa shape index (κ2) is 13.2. The topological polar surface area (TPSA) is 86.8 Å². The van der Waals surface area contributed by atoms with Gasteiger partial charge in [-0.25, -0.2) is 17.2 Å². The van der Waals surface area contributed by atoms with E-state index in [-0.39, 0.29) is 43.1 Å². The third-order valence-electron chi connectivity index (χ3n) is 5.56. The van der Waals surface area contributed by atoms with Crippen LogP contribution in [0.4, 0.5) is 14.5 Å². The minimum atomic E-state index is -3.67. The standard InChI is InChI=1S/C25H33F2N3O4S/c1-4-5-16-28-25(32)19(2)29(18-20-9-6-7-10-23(20)27)24(31)11-8-17-30(35(3,33)34)22-14-12-21(26)13-15-22/h6-7,9-10,12-15,19H,4-5,8,11,16-18H2,1-3H3,(H,28,32). The molecule has 0 bridgehead atoms. The number of halogens is 2. The predicted molar refractivity (Wildman–Crippen MR) is 132 cm³/mol. The van der Waals surface area contributed by atoms with Crippen molar-refractivity contribution in [3.8, 4) is 0 Å². The minimum Gasteiger partial charge on any atom is -0.354 e. The van der Waals surface area contributed by atoms with E-state index in [0.717, 1.165) is 35.5 Å². The van der Waals surface area contributed by atoms with Crippen molar-refractivity contribution < 1.29 is 26.8 Å². The molecule has 1 atom stereocenters. The highest BCUT2D eigenvalue weighted by Gasteiger charge is 2.27. The van der Waals surface area contributed by atoms with Crippen molar-refractivity contribution in [2.24, 2.45) is 0 Å². The van der Waals surface area contributed by atoms with E-state index in [1.807, 2.05) is 6.92 Å². The first-order valence-electron chi connectivity index (χ1n) is 11.6. The summed E-state index contributed by atoms with van der Waals surface area (Å²) in [6.45, 7) is 3.95. The molecule has 192 valence electrons. The lowest BCUT2D eigenvalue weighted by atomic mass is 10.1. The predicted octanol–water partition coefficient (Wildman–Crippen LogP) is 3.84. The minimum absolute atomic E-state index is 0.0131. The van der Waals surface area contributed by atoms with Gasteiger partial charge in [0.15, 0.2) is 0 Å². The monoisotopic (exact) mass is 509 g/mol. The highest BCUT2D eigenvalue weighted by atomic mass is 32.2. The Labute approximate surface area is 206 Å². The fourth-order valence-electron chi connectivity index (χ4n) is 3.54. The van der Waals surface area contributed by atoms with Crippen LogP contribution in [0, 0.1) is 11.6 Å². The molecule has 0 spiro atoms. The molecule has 0 aliphatic heterocycles. The van der Waals surface area contributed by atoms with E-state index in [1.54, 1.807) is 25.1 Å². The molecule has 2 aromatic rings. The van der Waals surface area contributed by atoms with Crippen molar-refractivity contribution in [3.63, 3.8) is 0 Å². The van der Waals surface area contributed by atoms with Crippen LogP contribution in [0.15, 0.2) is 48.5 Å². The highest BCUT2D eigenvalue weighted by molar-refractivity contribution is 7.92. The SMILES string of the molecule is CCCCNC(=O)C(C)N(Cc1ccccc1F)C(=O)CCCN(c1ccc(F)cc1)S(C)(=O)=O. The first-order chi connectivity index (χ1) is 16.5. The third kappa shape index (κ3) is 8.61. The summed E-state index contributed by atoms with van der Waals surface area (Å²) in [5.41, 5.74) is 0.561. The Balaban J connectivity index is 2.14. The van der Waals surface area contributed by atoms with Crippen LogP contribution in [0.1, 0.15) is 45.1 Å². The van der Waals surface area contributed by atoms with Crippen LogP contribution < -0.4 is 9.62 Å². The van der Waals surface area contributed by atoms with E-state index < -0.39 is 33.6 Å². The van der Waals surface area contributed by atoms with Crippen molar-refractivity contribution in [2.75, 3.05) is 23.7 Å². The molecule has 0 saturated heterocycles. The maximum atomic E-state index is 14.3. The Bertz CT molecular complexity index is 1090. The summed E-state index contributed by atoms with van der Waals surface area (Å²) < 4.78 is 53.2. The van der Waals surface area contributed by atoms with E-state index in [9.17, 15) is 26.8 Å². The lowest BCUT2D eigenvalue weighted by Gasteiger charge is -2.29. The molecule has 0 aromatic heterocycles. The Morgan fingerprint density at radius 1 is 1.03 bits per heavy atom. The number of amides is 2. The number of carbonyl (C=O) groups excluding carboxylic acids is 2. The van der Waals surface area contributed by atoms with Gasteiger partial charge in [0.2, 0.25) is 21.8 Å². The van der Waals surface area contributed by atoms with E-state index in [1.165, 1.54) is 23.1 Å². The molecule has 2 aromatic carbocycles. The molecule has 7 nitrogen and oxygen atoms in total. The fourth-order valence-corrected chi connectivity index (χ4v) is 4.51. The first kappa shape index (κ1) is 28.2. The summed E-state index contributed by atoms with van der Waals surface area (Å²) in [7, 11) is -3.67. The quantitative estimate of drug-likeness (QED) is 0.416. The average molecular weight is 510 g/mol. The Hall–Kier alpha value is -3.01. The molecule has 0 heterocycles. The maximum absolute atomic E-state index is 14.3. The summed E-state index contributed by atoms with van der Waals surface area (Å²) in [6, 6.07) is 10.2. The number of anilines is 1. The van der Waals surface area contributed by atoms with Crippen LogP contribution in [0.3, 0.4) is 0 Å². The second-order valence-electron chi connectivity index (χ2n) is 8.35. The molecular weight excluding hydrogens is 476 g/mol. The van der Waals surface area contributed by atoms with Gasteiger partial charge in [0.05, 0.1) is 11.9 Å². The van der Waals surface area contributed by atoms with Gasteiger partial charge in [-0.15, -0.1) is 0 Å². The van der Waals surface area contributed by atoms with Crippen LogP contribution in [-0.2, 0) is 26.2 Å². The molecule has 0 aliphatic carbocycles. The van der Waals surface area contributed by atoms with Gasteiger partial charge in [0, 0.05) is 31.6 Å². The third-order valence-corrected chi connectivity index (χ3v) is 6.76. The summed E-state index contributed by atoms with van der Waals surface area (Å²) >= 11 is 0. The number of nitrogens with one attached hydrogen (secondary N) is 1. The van der Waals surface area contributed by atoms with Crippen LogP contribution in [-0.4, -0.2) is 50.5 Å². The summed E-state index contributed by atoms with van der Waals surface area (Å²) in [4.78, 5) is 27.1. The fraction of sp³-hybridized carbons (Fsp3) is 0.440. The van der Waals surface area contributed by atoms with Crippen molar-refractivity contribution in [1.29, 1.82) is 0 Å². The Morgan fingerprint density at radius 2 is 1.69 bits per heavy atom. The number of benzene rings is 2. The van der Waals surface area contributed by atoms with E-state index in [4.69, 9.17) is 0 Å². The molecule has 0 aliphatic rings. The number of hydrogen-bond acceptors (Lipinski definition) is 4. The summed E-state index contributed by atoms with van der Waals surface area (Å²) in [5.74, 6) is -1.72. The Morgan fingerprint density at radius 3 is 2.29 bits per heavy atom. The molecule has 35 heavy (non-hydrogen) atoms. The van der Waals surface area contributed by atoms with E-state index in [2.05, 4.69) is 5.32 Å².